The Balaban J connectivity index is 1.87. The first kappa shape index (κ1) is 14.0. The van der Waals surface area contributed by atoms with E-state index in [1.807, 2.05) is 6.92 Å². The van der Waals surface area contributed by atoms with Gasteiger partial charge >= 0.3 is 0 Å². The van der Waals surface area contributed by atoms with E-state index in [-0.39, 0.29) is 0 Å². The Morgan fingerprint density at radius 2 is 2.11 bits per heavy atom. The second-order valence-electron chi connectivity index (χ2n) is 5.04. The second-order valence-corrected chi connectivity index (χ2v) is 5.04. The third kappa shape index (κ3) is 3.55. The van der Waals surface area contributed by atoms with Crippen molar-refractivity contribution in [2.75, 3.05) is 19.6 Å². The van der Waals surface area contributed by atoms with Crippen molar-refractivity contribution in [2.24, 2.45) is 12.8 Å². The van der Waals surface area contributed by atoms with E-state index in [0.717, 1.165) is 50.2 Å². The van der Waals surface area contributed by atoms with Crippen molar-refractivity contribution in [2.45, 2.75) is 26.2 Å². The smallest absolute Gasteiger partial charge is 0.106 e. The number of aromatic nitrogens is 2. The van der Waals surface area contributed by atoms with E-state index in [1.54, 1.807) is 0 Å². The Labute approximate surface area is 115 Å². The van der Waals surface area contributed by atoms with Crippen molar-refractivity contribution in [1.82, 2.24) is 14.9 Å². The molecule has 19 heavy (non-hydrogen) atoms. The molecule has 104 valence electrons. The number of nitrogens with zero attached hydrogens (tertiary/aromatic N) is 2. The van der Waals surface area contributed by atoms with Gasteiger partial charge in [0.05, 0.1) is 11.0 Å². The lowest BCUT2D eigenvalue weighted by Gasteiger charge is -2.05. The predicted octanol–water partition coefficient (Wildman–Crippen LogP) is 1.75. The van der Waals surface area contributed by atoms with Crippen molar-refractivity contribution in [3.05, 3.63) is 29.6 Å². The van der Waals surface area contributed by atoms with E-state index in [4.69, 9.17) is 5.73 Å². The van der Waals surface area contributed by atoms with Gasteiger partial charge in [-0.3, -0.25) is 0 Å². The summed E-state index contributed by atoms with van der Waals surface area (Å²) in [6, 6.07) is 6.56. The zero-order valence-electron chi connectivity index (χ0n) is 11.9. The summed E-state index contributed by atoms with van der Waals surface area (Å²) in [5.41, 5.74) is 9.11. The van der Waals surface area contributed by atoms with Crippen LogP contribution in [-0.4, -0.2) is 29.2 Å². The maximum atomic E-state index is 5.46. The number of nitrogens with one attached hydrogen (secondary N) is 1. The second kappa shape index (κ2) is 6.68. The number of unbranched alkanes of at least 4 members (excludes halogenated alkanes) is 1. The Morgan fingerprint density at radius 3 is 2.89 bits per heavy atom. The summed E-state index contributed by atoms with van der Waals surface area (Å²) in [6.45, 7) is 4.90. The monoisotopic (exact) mass is 260 g/mol. The van der Waals surface area contributed by atoms with Gasteiger partial charge < -0.3 is 15.6 Å². The molecule has 0 bridgehead atoms. The van der Waals surface area contributed by atoms with Crippen molar-refractivity contribution >= 4 is 11.0 Å². The van der Waals surface area contributed by atoms with Gasteiger partial charge in [-0.15, -0.1) is 0 Å². The summed E-state index contributed by atoms with van der Waals surface area (Å²) in [5.74, 6) is 1.06. The minimum atomic E-state index is 0.789. The highest BCUT2D eigenvalue weighted by Crippen LogP contribution is 2.16. The lowest BCUT2D eigenvalue weighted by atomic mass is 10.1. The Kier molecular flexibility index (Phi) is 4.93. The standard InChI is InChI=1S/C15H24N4/c1-12-18-14-11-13(5-6-15(14)19(12)2)7-10-17-9-4-3-8-16/h5-6,11,17H,3-4,7-10,16H2,1-2H3. The molecular formula is C15H24N4. The molecule has 0 aliphatic carbocycles. The van der Waals surface area contributed by atoms with Gasteiger partial charge in [-0.2, -0.15) is 0 Å². The molecule has 1 aromatic heterocycles. The molecule has 0 aliphatic rings. The third-order valence-corrected chi connectivity index (χ3v) is 3.57. The van der Waals surface area contributed by atoms with Gasteiger partial charge in [0.1, 0.15) is 5.82 Å². The number of nitrogens with two attached hydrogens (primary N) is 1. The van der Waals surface area contributed by atoms with Gasteiger partial charge in [-0.1, -0.05) is 6.07 Å². The minimum absolute atomic E-state index is 0.789. The zero-order valence-corrected chi connectivity index (χ0v) is 11.9. The molecule has 0 spiro atoms. The molecule has 1 aromatic carbocycles. The first-order valence-electron chi connectivity index (χ1n) is 7.05. The molecule has 0 radical (unpaired) electrons. The van der Waals surface area contributed by atoms with Gasteiger partial charge in [0.25, 0.3) is 0 Å². The highest BCUT2D eigenvalue weighted by Gasteiger charge is 2.04. The van der Waals surface area contributed by atoms with Crippen LogP contribution in [0.2, 0.25) is 0 Å². The normalized spacial score (nSPS) is 11.3. The molecule has 0 amide bonds. The molecular weight excluding hydrogens is 236 g/mol. The fourth-order valence-corrected chi connectivity index (χ4v) is 2.27. The summed E-state index contributed by atoms with van der Waals surface area (Å²) in [7, 11) is 2.06. The van der Waals surface area contributed by atoms with E-state index in [1.165, 1.54) is 11.1 Å². The van der Waals surface area contributed by atoms with E-state index in [2.05, 4.69) is 40.1 Å². The van der Waals surface area contributed by atoms with E-state index < -0.39 is 0 Å². The van der Waals surface area contributed by atoms with E-state index >= 15 is 0 Å². The van der Waals surface area contributed by atoms with E-state index in [0.29, 0.717) is 0 Å². The van der Waals surface area contributed by atoms with E-state index in [9.17, 15) is 0 Å². The molecule has 3 N–H and O–H groups in total. The maximum Gasteiger partial charge on any atom is 0.106 e. The topological polar surface area (TPSA) is 55.9 Å². The average Bonchev–Trinajstić information content (AvgIpc) is 2.69. The van der Waals surface area contributed by atoms with Crippen LogP contribution in [0.4, 0.5) is 0 Å². The third-order valence-electron chi connectivity index (χ3n) is 3.57. The van der Waals surface area contributed by atoms with Crippen LogP contribution in [0.15, 0.2) is 18.2 Å². The number of hydrogen-bond donors (Lipinski definition) is 2. The summed E-state index contributed by atoms with van der Waals surface area (Å²) < 4.78 is 2.13. The van der Waals surface area contributed by atoms with Crippen LogP contribution in [-0.2, 0) is 13.5 Å². The lowest BCUT2D eigenvalue weighted by Crippen LogP contribution is -2.19. The van der Waals surface area contributed by atoms with Crippen LogP contribution in [0.3, 0.4) is 0 Å². The number of fused-ring (bicyclic) bond motifs is 1. The molecule has 4 nitrogen and oxygen atoms in total. The van der Waals surface area contributed by atoms with Crippen molar-refractivity contribution in [1.29, 1.82) is 0 Å². The molecule has 0 atom stereocenters. The first-order valence-corrected chi connectivity index (χ1v) is 7.05. The van der Waals surface area contributed by atoms with Crippen LogP contribution in [0, 0.1) is 6.92 Å². The minimum Gasteiger partial charge on any atom is -0.331 e. The number of hydrogen-bond acceptors (Lipinski definition) is 3. The number of aryl methyl sites for hydroxylation is 2. The first-order chi connectivity index (χ1) is 9.22. The van der Waals surface area contributed by atoms with Crippen molar-refractivity contribution in [3.63, 3.8) is 0 Å². The van der Waals surface area contributed by atoms with Crippen LogP contribution in [0.5, 0.6) is 0 Å². The summed E-state index contributed by atoms with van der Waals surface area (Å²) in [6.07, 6.45) is 3.31. The number of imidazole rings is 1. The van der Waals surface area contributed by atoms with Gasteiger partial charge in [-0.05, 0) is 63.5 Å². The predicted molar refractivity (Wildman–Crippen MR) is 80.3 cm³/mol. The summed E-state index contributed by atoms with van der Waals surface area (Å²) in [5, 5.41) is 3.45. The molecule has 0 saturated carbocycles. The van der Waals surface area contributed by atoms with Gasteiger partial charge in [0.2, 0.25) is 0 Å². The Morgan fingerprint density at radius 1 is 1.26 bits per heavy atom. The van der Waals surface area contributed by atoms with Crippen LogP contribution < -0.4 is 11.1 Å². The van der Waals surface area contributed by atoms with Crippen LogP contribution >= 0.6 is 0 Å². The fraction of sp³-hybridized carbons (Fsp3) is 0.533. The molecule has 0 saturated heterocycles. The Hall–Kier alpha value is -1.39. The molecule has 1 heterocycles. The molecule has 0 aliphatic heterocycles. The Bertz CT molecular complexity index is 530. The quantitative estimate of drug-likeness (QED) is 0.746. The lowest BCUT2D eigenvalue weighted by molar-refractivity contribution is 0.627. The highest BCUT2D eigenvalue weighted by molar-refractivity contribution is 5.76. The summed E-state index contributed by atoms with van der Waals surface area (Å²) >= 11 is 0. The van der Waals surface area contributed by atoms with Gasteiger partial charge in [-0.25, -0.2) is 4.98 Å². The molecule has 4 heteroatoms. The van der Waals surface area contributed by atoms with Crippen molar-refractivity contribution in [3.8, 4) is 0 Å². The SMILES string of the molecule is Cc1nc2cc(CCNCCCCN)ccc2n1C. The van der Waals surface area contributed by atoms with Crippen LogP contribution in [0.25, 0.3) is 11.0 Å². The molecule has 2 rings (SSSR count). The molecule has 0 fully saturated rings. The maximum absolute atomic E-state index is 5.46. The van der Waals surface area contributed by atoms with Gasteiger partial charge in [0.15, 0.2) is 0 Å². The van der Waals surface area contributed by atoms with Gasteiger partial charge in [0, 0.05) is 7.05 Å². The zero-order chi connectivity index (χ0) is 13.7. The number of rotatable bonds is 7. The highest BCUT2D eigenvalue weighted by atomic mass is 15.0. The molecule has 2 aromatic rings. The summed E-state index contributed by atoms with van der Waals surface area (Å²) in [4.78, 5) is 4.57. The van der Waals surface area contributed by atoms with Crippen molar-refractivity contribution < 1.29 is 0 Å². The average molecular weight is 260 g/mol. The largest absolute Gasteiger partial charge is 0.331 e. The number of benzene rings is 1. The van der Waals surface area contributed by atoms with Crippen LogP contribution in [0.1, 0.15) is 24.2 Å². The fourth-order valence-electron chi connectivity index (χ4n) is 2.27. The molecule has 0 unspecified atom stereocenters.